The zero-order valence-corrected chi connectivity index (χ0v) is 16.3. The van der Waals surface area contributed by atoms with Crippen molar-refractivity contribution in [1.82, 2.24) is 4.57 Å². The van der Waals surface area contributed by atoms with Crippen LogP contribution < -0.4 is 4.80 Å². The first-order chi connectivity index (χ1) is 12.6. The van der Waals surface area contributed by atoms with Gasteiger partial charge in [0.2, 0.25) is 0 Å². The van der Waals surface area contributed by atoms with Gasteiger partial charge in [0.1, 0.15) is 5.60 Å². The number of hydrogen-bond acceptors (Lipinski definition) is 4. The first-order valence-electron chi connectivity index (χ1n) is 10.2. The van der Waals surface area contributed by atoms with E-state index in [1.165, 1.54) is 17.7 Å². The first kappa shape index (κ1) is 17.1. The zero-order chi connectivity index (χ0) is 17.7. The van der Waals surface area contributed by atoms with Gasteiger partial charge in [-0.25, -0.2) is 0 Å². The van der Waals surface area contributed by atoms with Crippen molar-refractivity contribution in [3.05, 3.63) is 15.9 Å². The highest BCUT2D eigenvalue weighted by atomic mass is 32.1. The molecule has 1 aromatic rings. The molecule has 5 aliphatic rings. The molecule has 6 rings (SSSR count). The molecule has 3 saturated heterocycles. The number of hydrogen-bond donors (Lipinski definition) is 0. The number of thiazole rings is 1. The minimum absolute atomic E-state index is 0.0447. The maximum absolute atomic E-state index is 13.2. The molecule has 3 unspecified atom stereocenters. The van der Waals surface area contributed by atoms with E-state index in [0.29, 0.717) is 11.8 Å². The molecule has 0 N–H and O–H groups in total. The van der Waals surface area contributed by atoms with Crippen LogP contribution in [0.5, 0.6) is 0 Å². The predicted molar refractivity (Wildman–Crippen MR) is 98.9 cm³/mol. The van der Waals surface area contributed by atoms with E-state index in [1.54, 1.807) is 11.3 Å². The number of aryl methyl sites for hydroxylation is 1. The summed E-state index contributed by atoms with van der Waals surface area (Å²) in [4.78, 5) is 19.8. The quantitative estimate of drug-likeness (QED) is 0.814. The molecular weight excluding hydrogens is 348 g/mol. The molecule has 4 bridgehead atoms. The van der Waals surface area contributed by atoms with Gasteiger partial charge >= 0.3 is 0 Å². The standard InChI is InChI=1S/C20H28N2O3S/c1-13-11-22(12-16-4-2-3-5-24-16)19(26-13)21-18(23)20-9-14-6-15(10-20)8-17(7-14)25-20/h11,14-17H,2-10,12H2,1H3/b21-19-. The molecule has 1 amide bonds. The van der Waals surface area contributed by atoms with Crippen molar-refractivity contribution < 1.29 is 14.3 Å². The molecule has 5 nitrogen and oxygen atoms in total. The van der Waals surface area contributed by atoms with Crippen molar-refractivity contribution in [3.63, 3.8) is 0 Å². The number of carbonyl (C=O) groups is 1. The summed E-state index contributed by atoms with van der Waals surface area (Å²) in [5, 5.41) is 0. The lowest BCUT2D eigenvalue weighted by atomic mass is 9.62. The van der Waals surface area contributed by atoms with Crippen LogP contribution in [-0.4, -0.2) is 34.9 Å². The van der Waals surface area contributed by atoms with Crippen LogP contribution >= 0.6 is 11.3 Å². The Balaban J connectivity index is 1.41. The Hall–Kier alpha value is -0.980. The van der Waals surface area contributed by atoms with Crippen molar-refractivity contribution in [2.24, 2.45) is 16.8 Å². The van der Waals surface area contributed by atoms with Crippen molar-refractivity contribution >= 4 is 17.2 Å². The van der Waals surface area contributed by atoms with E-state index >= 15 is 0 Å². The summed E-state index contributed by atoms with van der Waals surface area (Å²) in [5.74, 6) is 1.28. The Morgan fingerprint density at radius 2 is 2.12 bits per heavy atom. The average Bonchev–Trinajstić information content (AvgIpc) is 2.93. The molecule has 0 spiro atoms. The maximum atomic E-state index is 13.2. The Morgan fingerprint density at radius 3 is 2.81 bits per heavy atom. The van der Waals surface area contributed by atoms with Gasteiger partial charge in [0.05, 0.1) is 18.8 Å². The van der Waals surface area contributed by atoms with Crippen molar-refractivity contribution in [1.29, 1.82) is 0 Å². The Morgan fingerprint density at radius 1 is 1.31 bits per heavy atom. The highest BCUT2D eigenvalue weighted by Crippen LogP contribution is 2.53. The monoisotopic (exact) mass is 376 g/mol. The third-order valence-electron chi connectivity index (χ3n) is 6.59. The molecule has 1 aromatic heterocycles. The first-order valence-corrected chi connectivity index (χ1v) is 11.0. The molecule has 3 atom stereocenters. The molecule has 5 fully saturated rings. The van der Waals surface area contributed by atoms with Crippen LogP contribution in [-0.2, 0) is 20.8 Å². The summed E-state index contributed by atoms with van der Waals surface area (Å²) in [7, 11) is 0. The van der Waals surface area contributed by atoms with Gasteiger partial charge in [0.15, 0.2) is 4.80 Å². The minimum atomic E-state index is -0.633. The van der Waals surface area contributed by atoms with Crippen molar-refractivity contribution in [2.75, 3.05) is 6.61 Å². The van der Waals surface area contributed by atoms with Crippen LogP contribution in [0.4, 0.5) is 0 Å². The summed E-state index contributed by atoms with van der Waals surface area (Å²) in [6.45, 7) is 3.71. The fraction of sp³-hybridized carbons (Fsp3) is 0.800. The van der Waals surface area contributed by atoms with Gasteiger partial charge in [-0.1, -0.05) is 0 Å². The maximum Gasteiger partial charge on any atom is 0.280 e. The van der Waals surface area contributed by atoms with Gasteiger partial charge in [-0.2, -0.15) is 4.99 Å². The van der Waals surface area contributed by atoms with Crippen molar-refractivity contribution in [3.8, 4) is 0 Å². The predicted octanol–water partition coefficient (Wildman–Crippen LogP) is 3.20. The molecule has 2 saturated carbocycles. The van der Waals surface area contributed by atoms with Gasteiger partial charge in [-0.3, -0.25) is 4.79 Å². The van der Waals surface area contributed by atoms with E-state index in [9.17, 15) is 4.79 Å². The van der Waals surface area contributed by atoms with Crippen LogP contribution in [0.3, 0.4) is 0 Å². The number of ether oxygens (including phenoxy) is 2. The second-order valence-corrected chi connectivity index (χ2v) is 9.98. The third kappa shape index (κ3) is 3.10. The zero-order valence-electron chi connectivity index (χ0n) is 15.5. The van der Waals surface area contributed by atoms with Crippen LogP contribution in [0, 0.1) is 18.8 Å². The smallest absolute Gasteiger partial charge is 0.280 e. The lowest BCUT2D eigenvalue weighted by molar-refractivity contribution is -0.216. The molecule has 6 heteroatoms. The van der Waals surface area contributed by atoms with Gasteiger partial charge < -0.3 is 14.0 Å². The second-order valence-electron chi connectivity index (χ2n) is 8.76. The second kappa shape index (κ2) is 6.57. The minimum Gasteiger partial charge on any atom is -0.376 e. The highest BCUT2D eigenvalue weighted by Gasteiger charge is 2.56. The largest absolute Gasteiger partial charge is 0.376 e. The summed E-state index contributed by atoms with van der Waals surface area (Å²) >= 11 is 1.60. The van der Waals surface area contributed by atoms with E-state index in [4.69, 9.17) is 9.47 Å². The van der Waals surface area contributed by atoms with Crippen LogP contribution in [0.1, 0.15) is 56.2 Å². The number of nitrogens with zero attached hydrogens (tertiary/aromatic N) is 2. The molecule has 0 aromatic carbocycles. The molecule has 4 heterocycles. The van der Waals surface area contributed by atoms with Crippen LogP contribution in [0.25, 0.3) is 0 Å². The Bertz CT molecular complexity index is 724. The fourth-order valence-corrected chi connectivity index (χ4v) is 6.51. The van der Waals surface area contributed by atoms with Gasteiger partial charge in [-0.15, -0.1) is 11.3 Å². The van der Waals surface area contributed by atoms with E-state index < -0.39 is 5.60 Å². The summed E-state index contributed by atoms with van der Waals surface area (Å²) in [5.41, 5.74) is -0.633. The highest BCUT2D eigenvalue weighted by molar-refractivity contribution is 7.09. The Labute approximate surface area is 158 Å². The van der Waals surface area contributed by atoms with Gasteiger partial charge in [-0.05, 0) is 70.1 Å². The molecule has 3 aliphatic heterocycles. The van der Waals surface area contributed by atoms with Crippen LogP contribution in [0.15, 0.2) is 11.2 Å². The lowest BCUT2D eigenvalue weighted by Gasteiger charge is -2.54. The Kier molecular flexibility index (Phi) is 4.33. The van der Waals surface area contributed by atoms with Gasteiger partial charge in [0.25, 0.3) is 5.91 Å². The number of aromatic nitrogens is 1. The number of carbonyl (C=O) groups excluding carboxylic acids is 1. The topological polar surface area (TPSA) is 52.8 Å². The van der Waals surface area contributed by atoms with E-state index in [-0.39, 0.29) is 18.1 Å². The van der Waals surface area contributed by atoms with E-state index in [0.717, 1.165) is 56.5 Å². The molecular formula is C20H28N2O3S. The molecule has 142 valence electrons. The number of rotatable bonds is 3. The normalized spacial score (nSPS) is 39.5. The fourth-order valence-electron chi connectivity index (χ4n) is 5.67. The van der Waals surface area contributed by atoms with Crippen LogP contribution in [0.2, 0.25) is 0 Å². The van der Waals surface area contributed by atoms with E-state index in [1.807, 2.05) is 0 Å². The number of amides is 1. The third-order valence-corrected chi connectivity index (χ3v) is 7.52. The van der Waals surface area contributed by atoms with Gasteiger partial charge in [0, 0.05) is 17.7 Å². The van der Waals surface area contributed by atoms with E-state index in [2.05, 4.69) is 22.7 Å². The lowest BCUT2D eigenvalue weighted by Crippen LogP contribution is -2.58. The van der Waals surface area contributed by atoms with Crippen molar-refractivity contribution in [2.45, 2.75) is 82.6 Å². The molecule has 0 radical (unpaired) electrons. The summed E-state index contributed by atoms with van der Waals surface area (Å²) in [6.07, 6.45) is 11.4. The SMILES string of the molecule is Cc1cn(CC2CCCCO2)/c(=N/C(=O)C23CC4CC(CC(C4)O2)C3)s1. The summed E-state index contributed by atoms with van der Waals surface area (Å²) < 4.78 is 14.3. The molecule has 26 heavy (non-hydrogen) atoms. The average molecular weight is 377 g/mol. The summed E-state index contributed by atoms with van der Waals surface area (Å²) in [6, 6.07) is 0. The molecule has 2 aliphatic carbocycles.